The van der Waals surface area contributed by atoms with Crippen LogP contribution in [0.1, 0.15) is 48.7 Å². The smallest absolute Gasteiger partial charge is 1.00 e. The molecular formula is C40H30BrF10N6NaO4. The molecule has 0 unspecified atom stereocenters. The van der Waals surface area contributed by atoms with Gasteiger partial charge in [-0.15, -0.1) is 5.10 Å². The Morgan fingerprint density at radius 3 is 1.68 bits per heavy atom. The number of nitriles is 2. The maximum atomic E-state index is 13.9. The molecule has 22 heteroatoms. The molecule has 62 heavy (non-hydrogen) atoms. The van der Waals surface area contributed by atoms with Gasteiger partial charge in [0.1, 0.15) is 22.8 Å². The average molecular weight is 952 g/mol. The molecule has 6 aromatic rings. The van der Waals surface area contributed by atoms with E-state index in [4.69, 9.17) is 10.5 Å². The number of carbonyl (C=O) groups excluding carboxylic acids is 2. The number of ketones is 2. The van der Waals surface area contributed by atoms with E-state index in [1.165, 1.54) is 49.4 Å². The van der Waals surface area contributed by atoms with E-state index in [1.807, 2.05) is 0 Å². The average Bonchev–Trinajstić information content (AvgIpc) is 3.70. The van der Waals surface area contributed by atoms with E-state index >= 15 is 0 Å². The summed E-state index contributed by atoms with van der Waals surface area (Å²) < 4.78 is 131. The van der Waals surface area contributed by atoms with Gasteiger partial charge in [0.2, 0.25) is 11.9 Å². The molecule has 0 amide bonds. The van der Waals surface area contributed by atoms with Gasteiger partial charge in [0.05, 0.1) is 62.7 Å². The van der Waals surface area contributed by atoms with Crippen molar-refractivity contribution in [2.45, 2.75) is 56.8 Å². The number of aliphatic hydroxyl groups is 2. The third-order valence-electron chi connectivity index (χ3n) is 8.81. The van der Waals surface area contributed by atoms with Crippen molar-refractivity contribution in [2.75, 3.05) is 5.33 Å². The van der Waals surface area contributed by atoms with Gasteiger partial charge in [0, 0.05) is 18.2 Å². The van der Waals surface area contributed by atoms with Crippen molar-refractivity contribution < 1.29 is 94.7 Å². The van der Waals surface area contributed by atoms with Crippen LogP contribution in [0.15, 0.2) is 72.8 Å². The summed E-state index contributed by atoms with van der Waals surface area (Å²) in [5.41, 5.74) is -6.48. The number of carbonyl (C=O) groups is 2. The van der Waals surface area contributed by atoms with Crippen LogP contribution in [-0.4, -0.2) is 58.3 Å². The molecule has 0 aliphatic heterocycles. The predicted molar refractivity (Wildman–Crippen MR) is 202 cm³/mol. The van der Waals surface area contributed by atoms with Crippen LogP contribution in [0.25, 0.3) is 21.8 Å². The second-order valence-electron chi connectivity index (χ2n) is 13.7. The number of aromatic amines is 1. The maximum Gasteiger partial charge on any atom is 1.00 e. The SMILES string of the molecule is C[C@](O)(CBr)C(=O)Cc1ccc(C#N)c(C(F)(F)F)c1.C[C@](O)(Cn1nc(F)c2cc(F)ccc21)C(=O)Cc1ccc(C#N)c(C(F)(F)F)c1.Fc1ccc2n[nH]c(F)c2c1.[H-].[Na+]. The zero-order valence-electron chi connectivity index (χ0n) is 33.4. The summed E-state index contributed by atoms with van der Waals surface area (Å²) in [5.74, 6) is -4.18. The number of rotatable bonds is 9. The van der Waals surface area contributed by atoms with E-state index in [1.54, 1.807) is 0 Å². The molecule has 0 radical (unpaired) electrons. The first-order chi connectivity index (χ1) is 28.3. The van der Waals surface area contributed by atoms with E-state index in [-0.39, 0.29) is 70.2 Å². The fourth-order valence-corrected chi connectivity index (χ4v) is 5.77. The van der Waals surface area contributed by atoms with E-state index in [9.17, 15) is 63.7 Å². The number of aromatic nitrogens is 4. The van der Waals surface area contributed by atoms with Gasteiger partial charge >= 0.3 is 41.9 Å². The van der Waals surface area contributed by atoms with Crippen molar-refractivity contribution in [3.05, 3.63) is 130 Å². The molecule has 4 aromatic carbocycles. The van der Waals surface area contributed by atoms with Crippen molar-refractivity contribution in [3.8, 4) is 12.1 Å². The summed E-state index contributed by atoms with van der Waals surface area (Å²) in [6.45, 7) is 1.90. The molecule has 6 rings (SSSR count). The van der Waals surface area contributed by atoms with Gasteiger partial charge in [-0.25, -0.2) is 8.78 Å². The Kier molecular flexibility index (Phi) is 16.8. The monoisotopic (exact) mass is 950 g/mol. The minimum absolute atomic E-state index is 0. The molecule has 0 aliphatic rings. The number of nitrogens with one attached hydrogen (secondary N) is 1. The van der Waals surface area contributed by atoms with Gasteiger partial charge < -0.3 is 11.6 Å². The van der Waals surface area contributed by atoms with Gasteiger partial charge in [-0.05, 0) is 85.6 Å². The summed E-state index contributed by atoms with van der Waals surface area (Å²) in [5, 5.41) is 47.1. The topological polar surface area (TPSA) is 169 Å². The van der Waals surface area contributed by atoms with Gasteiger partial charge in [0.25, 0.3) is 0 Å². The molecule has 2 heterocycles. The van der Waals surface area contributed by atoms with Gasteiger partial charge in [-0.1, -0.05) is 28.1 Å². The van der Waals surface area contributed by atoms with Crippen LogP contribution in [0.4, 0.5) is 43.9 Å². The Labute approximate surface area is 376 Å². The minimum Gasteiger partial charge on any atom is -1.00 e. The summed E-state index contributed by atoms with van der Waals surface area (Å²) in [7, 11) is 0. The van der Waals surface area contributed by atoms with Gasteiger partial charge in [-0.2, -0.15) is 50.7 Å². The van der Waals surface area contributed by atoms with E-state index < -0.39 is 93.9 Å². The molecule has 0 saturated heterocycles. The second-order valence-corrected chi connectivity index (χ2v) is 14.2. The van der Waals surface area contributed by atoms with Crippen molar-refractivity contribution in [3.63, 3.8) is 0 Å². The number of hydrogen-bond acceptors (Lipinski definition) is 8. The number of H-pyrrole nitrogens is 1. The molecule has 0 fully saturated rings. The van der Waals surface area contributed by atoms with Gasteiger partial charge in [-0.3, -0.25) is 19.4 Å². The van der Waals surface area contributed by atoms with Crippen LogP contribution >= 0.6 is 15.9 Å². The zero-order valence-corrected chi connectivity index (χ0v) is 35.9. The van der Waals surface area contributed by atoms with Crippen LogP contribution in [0, 0.1) is 46.2 Å². The molecule has 0 spiro atoms. The van der Waals surface area contributed by atoms with Crippen LogP contribution in [0.2, 0.25) is 0 Å². The first-order valence-corrected chi connectivity index (χ1v) is 18.3. The number of benzene rings is 4. The van der Waals surface area contributed by atoms with Crippen molar-refractivity contribution in [1.82, 2.24) is 20.0 Å². The van der Waals surface area contributed by atoms with Crippen LogP contribution in [0.3, 0.4) is 0 Å². The summed E-state index contributed by atoms with van der Waals surface area (Å²) >= 11 is 2.96. The molecule has 10 nitrogen and oxygen atoms in total. The maximum absolute atomic E-state index is 13.9. The summed E-state index contributed by atoms with van der Waals surface area (Å²) in [4.78, 5) is 24.3. The fourth-order valence-electron chi connectivity index (χ4n) is 5.46. The normalized spacial score (nSPS) is 13.2. The van der Waals surface area contributed by atoms with Crippen molar-refractivity contribution in [2.24, 2.45) is 0 Å². The van der Waals surface area contributed by atoms with Gasteiger partial charge in [0.15, 0.2) is 11.6 Å². The first kappa shape index (κ1) is 51.2. The van der Waals surface area contributed by atoms with Crippen molar-refractivity contribution >= 4 is 49.3 Å². The molecule has 0 saturated carbocycles. The minimum atomic E-state index is -4.78. The molecule has 0 bridgehead atoms. The summed E-state index contributed by atoms with van der Waals surface area (Å²) in [6.07, 6.45) is -10.3. The number of halogens is 11. The molecule has 3 N–H and O–H groups in total. The summed E-state index contributed by atoms with van der Waals surface area (Å²) in [6, 6.07) is 15.8. The van der Waals surface area contributed by atoms with Crippen LogP contribution < -0.4 is 29.6 Å². The largest absolute Gasteiger partial charge is 1.00 e. The van der Waals surface area contributed by atoms with E-state index in [0.717, 1.165) is 48.0 Å². The number of hydrogen-bond donors (Lipinski definition) is 3. The van der Waals surface area contributed by atoms with Crippen LogP contribution in [0.5, 0.6) is 0 Å². The van der Waals surface area contributed by atoms with E-state index in [2.05, 4.69) is 31.2 Å². The number of nitrogens with zero attached hydrogens (tertiary/aromatic N) is 5. The Balaban J connectivity index is 0.000000355. The third-order valence-corrected chi connectivity index (χ3v) is 9.90. The molecule has 322 valence electrons. The van der Waals surface area contributed by atoms with E-state index in [0.29, 0.717) is 11.6 Å². The van der Waals surface area contributed by atoms with Crippen LogP contribution in [-0.2, 0) is 41.3 Å². The first-order valence-electron chi connectivity index (χ1n) is 17.2. The second kappa shape index (κ2) is 20.4. The Hall–Kier alpha value is -5.16. The molecule has 2 aromatic heterocycles. The number of Topliss-reactive ketones (excluding diaryl/α,β-unsaturated/α-hetero) is 2. The quantitative estimate of drug-likeness (QED) is 0.0963. The Morgan fingerprint density at radius 2 is 1.21 bits per heavy atom. The fraction of sp³-hybridized carbons (Fsp3) is 0.250. The predicted octanol–water partition coefficient (Wildman–Crippen LogP) is 5.56. The molecular weight excluding hydrogens is 921 g/mol. The Bertz CT molecular complexity index is 2690. The number of fused-ring (bicyclic) bond motifs is 2. The molecule has 0 aliphatic carbocycles. The zero-order chi connectivity index (χ0) is 45.7. The third kappa shape index (κ3) is 12.7. The standard InChI is InChI=1S/C20H14F5N3O2.C13H11BrF3NO2.C7H4F2N2.Na.H/c1-19(30,10-28-16-5-4-13(21)8-14(16)18(22)27-28)17(29)7-11-2-3-12(9-26)15(6-11)20(23,24)25;1-12(20,7-14)11(19)5-8-2-3-9(6-18)10(4-8)13(15,16)17;8-4-1-2-6-5(3-4)7(9)11-10-6;;/h2-6,8,30H,7,10H2,1H3;2-4,20H,5,7H2,1H3;1-3H,(H,10,11);;/q;;;+1;-1/t19-;12-;;;/m00.../s1. The molecule has 2 atom stereocenters. The van der Waals surface area contributed by atoms with Crippen molar-refractivity contribution in [1.29, 1.82) is 10.5 Å². The Morgan fingerprint density at radius 1 is 0.742 bits per heavy atom. The number of alkyl halides is 7.